The van der Waals surface area contributed by atoms with Crippen molar-refractivity contribution in [3.05, 3.63) is 24.0 Å². The van der Waals surface area contributed by atoms with Crippen LogP contribution in [0.2, 0.25) is 0 Å². The maximum atomic E-state index is 13.4. The van der Waals surface area contributed by atoms with E-state index in [1.54, 1.807) is 6.07 Å². The van der Waals surface area contributed by atoms with Gasteiger partial charge in [-0.15, -0.1) is 0 Å². The summed E-state index contributed by atoms with van der Waals surface area (Å²) in [6.45, 7) is 20.2. The zero-order valence-corrected chi connectivity index (χ0v) is 18.0. The molecule has 2 N–H and O–H groups in total. The molecule has 1 aliphatic rings. The van der Waals surface area contributed by atoms with Crippen LogP contribution in [0.15, 0.2) is 18.2 Å². The summed E-state index contributed by atoms with van der Waals surface area (Å²) in [5, 5.41) is 0. The molecule has 0 radical (unpaired) electrons. The Morgan fingerprint density at radius 2 is 1.32 bits per heavy atom. The number of anilines is 1. The molecule has 1 saturated heterocycles. The van der Waals surface area contributed by atoms with Crippen molar-refractivity contribution in [2.24, 2.45) is 0 Å². The highest BCUT2D eigenvalue weighted by Gasteiger charge is 2.51. The minimum Gasteiger partial charge on any atom is -0.399 e. The molecular weight excluding hydrogens is 316 g/mol. The van der Waals surface area contributed by atoms with Crippen molar-refractivity contribution < 1.29 is 13.7 Å². The molecule has 1 aliphatic heterocycles. The lowest BCUT2D eigenvalue weighted by Crippen LogP contribution is -2.41. The van der Waals surface area contributed by atoms with Gasteiger partial charge >= 0.3 is 7.12 Å². The molecule has 0 spiro atoms. The summed E-state index contributed by atoms with van der Waals surface area (Å²) in [5.41, 5.74) is 5.37. The lowest BCUT2D eigenvalue weighted by atomic mass is 9.79. The van der Waals surface area contributed by atoms with Crippen LogP contribution in [0.25, 0.3) is 0 Å². The lowest BCUT2D eigenvalue weighted by molar-refractivity contribution is 0.00578. The van der Waals surface area contributed by atoms with Gasteiger partial charge < -0.3 is 15.0 Å². The zero-order chi connectivity index (χ0) is 20.3. The Morgan fingerprint density at radius 1 is 0.920 bits per heavy atom. The van der Waals surface area contributed by atoms with E-state index in [-0.39, 0.29) is 5.69 Å². The van der Waals surface area contributed by atoms with E-state index in [0.717, 1.165) is 0 Å². The van der Waals surface area contributed by atoms with Gasteiger partial charge in [-0.3, -0.25) is 0 Å². The van der Waals surface area contributed by atoms with Gasteiger partial charge in [0, 0.05) is 0 Å². The number of nitrogens with two attached hydrogens (primary N) is 1. The first-order valence-electron chi connectivity index (χ1n) is 9.55. The van der Waals surface area contributed by atoms with Crippen molar-refractivity contribution in [3.8, 4) is 0 Å². The van der Waals surface area contributed by atoms with Gasteiger partial charge in [-0.05, 0) is 45.3 Å². The second-order valence-corrected chi connectivity index (χ2v) is 6.37. The molecule has 1 aromatic rings. The van der Waals surface area contributed by atoms with E-state index in [9.17, 15) is 4.39 Å². The Labute approximate surface area is 155 Å². The molecule has 0 bridgehead atoms. The van der Waals surface area contributed by atoms with E-state index >= 15 is 0 Å². The first-order chi connectivity index (χ1) is 11.6. The molecule has 0 amide bonds. The molecule has 1 heterocycles. The number of halogens is 1. The molecule has 3 nitrogen and oxygen atoms in total. The summed E-state index contributed by atoms with van der Waals surface area (Å²) in [5.74, 6) is -0.447. The third-order valence-electron chi connectivity index (χ3n) is 4.05. The van der Waals surface area contributed by atoms with Crippen LogP contribution in [0.4, 0.5) is 10.1 Å². The highest BCUT2D eigenvalue weighted by molar-refractivity contribution is 6.62. The second-order valence-electron chi connectivity index (χ2n) is 6.37. The standard InChI is InChI=1S/C12H17BFNO2.C4H10.2C2H6/c1-11(2)12(3,4)17-13(16-11)8-5-6-10(15)9(14)7-8;1-3-4-2;2*1-2/h5-7H,15H2,1-4H3;3-4H2,1-2H3;2*1-2H3. The lowest BCUT2D eigenvalue weighted by Gasteiger charge is -2.32. The highest BCUT2D eigenvalue weighted by Crippen LogP contribution is 2.36. The monoisotopic (exact) mass is 355 g/mol. The van der Waals surface area contributed by atoms with Crippen molar-refractivity contribution in [2.75, 3.05) is 5.73 Å². The predicted octanol–water partition coefficient (Wildman–Crippen LogP) is 5.57. The molecular formula is C20H39BFNO2. The van der Waals surface area contributed by atoms with Gasteiger partial charge in [-0.1, -0.05) is 60.5 Å². The van der Waals surface area contributed by atoms with Crippen LogP contribution in [-0.4, -0.2) is 18.3 Å². The molecule has 1 aromatic carbocycles. The van der Waals surface area contributed by atoms with Gasteiger partial charge in [0.15, 0.2) is 0 Å². The summed E-state index contributed by atoms with van der Waals surface area (Å²) >= 11 is 0. The van der Waals surface area contributed by atoms with E-state index in [2.05, 4.69) is 13.8 Å². The van der Waals surface area contributed by atoms with Crippen LogP contribution < -0.4 is 11.2 Å². The Balaban J connectivity index is 0. The number of rotatable bonds is 2. The van der Waals surface area contributed by atoms with Crippen molar-refractivity contribution in [1.29, 1.82) is 0 Å². The van der Waals surface area contributed by atoms with Gasteiger partial charge in [0.2, 0.25) is 0 Å². The van der Waals surface area contributed by atoms with Crippen LogP contribution in [0.5, 0.6) is 0 Å². The van der Waals surface area contributed by atoms with Gasteiger partial charge in [0.05, 0.1) is 16.9 Å². The van der Waals surface area contributed by atoms with Gasteiger partial charge in [0.25, 0.3) is 0 Å². The van der Waals surface area contributed by atoms with E-state index in [0.29, 0.717) is 5.46 Å². The van der Waals surface area contributed by atoms with E-state index in [4.69, 9.17) is 15.0 Å². The topological polar surface area (TPSA) is 44.5 Å². The summed E-state index contributed by atoms with van der Waals surface area (Å²) in [6.07, 6.45) is 2.64. The quantitative estimate of drug-likeness (QED) is 0.557. The second kappa shape index (κ2) is 12.3. The molecule has 0 atom stereocenters. The SMILES string of the molecule is CC.CC.CC1(C)OB(c2ccc(N)c(F)c2)OC1(C)C.CCCC. The summed E-state index contributed by atoms with van der Waals surface area (Å²) in [6, 6.07) is 4.60. The van der Waals surface area contributed by atoms with E-state index in [1.165, 1.54) is 25.0 Å². The normalized spacial score (nSPS) is 16.5. The largest absolute Gasteiger partial charge is 0.494 e. The van der Waals surface area contributed by atoms with Gasteiger partial charge in [0.1, 0.15) is 5.82 Å². The molecule has 146 valence electrons. The van der Waals surface area contributed by atoms with Crippen molar-refractivity contribution in [1.82, 2.24) is 0 Å². The number of hydrogen-bond acceptors (Lipinski definition) is 3. The maximum absolute atomic E-state index is 13.4. The molecule has 5 heteroatoms. The summed E-state index contributed by atoms with van der Waals surface area (Å²) < 4.78 is 25.0. The number of nitrogen functional groups attached to an aromatic ring is 1. The Morgan fingerprint density at radius 3 is 1.64 bits per heavy atom. The number of benzene rings is 1. The smallest absolute Gasteiger partial charge is 0.399 e. The summed E-state index contributed by atoms with van der Waals surface area (Å²) in [7, 11) is -0.546. The van der Waals surface area contributed by atoms with Crippen LogP contribution >= 0.6 is 0 Å². The number of unbranched alkanes of at least 4 members (excludes halogenated alkanes) is 1. The number of hydrogen-bond donors (Lipinski definition) is 1. The fraction of sp³-hybridized carbons (Fsp3) is 0.700. The highest BCUT2D eigenvalue weighted by atomic mass is 19.1. The molecule has 0 unspecified atom stereocenters. The van der Waals surface area contributed by atoms with E-state index < -0.39 is 24.1 Å². The molecule has 25 heavy (non-hydrogen) atoms. The van der Waals surface area contributed by atoms with Crippen LogP contribution in [0.3, 0.4) is 0 Å². The van der Waals surface area contributed by atoms with Gasteiger partial charge in [-0.2, -0.15) is 0 Å². The van der Waals surface area contributed by atoms with E-state index in [1.807, 2.05) is 55.4 Å². The van der Waals surface area contributed by atoms with Crippen LogP contribution in [-0.2, 0) is 9.31 Å². The van der Waals surface area contributed by atoms with Crippen molar-refractivity contribution in [2.45, 2.75) is 93.3 Å². The minimum absolute atomic E-state index is 0.130. The van der Waals surface area contributed by atoms with Crippen molar-refractivity contribution in [3.63, 3.8) is 0 Å². The molecule has 0 aromatic heterocycles. The third kappa shape index (κ3) is 7.78. The molecule has 2 rings (SSSR count). The maximum Gasteiger partial charge on any atom is 0.494 e. The average molecular weight is 355 g/mol. The summed E-state index contributed by atoms with van der Waals surface area (Å²) in [4.78, 5) is 0. The Hall–Kier alpha value is -1.07. The van der Waals surface area contributed by atoms with Crippen LogP contribution in [0, 0.1) is 5.82 Å². The Bertz CT molecular complexity index is 461. The molecule has 0 aliphatic carbocycles. The Kier molecular flexibility index (Phi) is 12.9. The fourth-order valence-electron chi connectivity index (χ4n) is 1.67. The molecule has 0 saturated carbocycles. The van der Waals surface area contributed by atoms with Gasteiger partial charge in [-0.25, -0.2) is 4.39 Å². The zero-order valence-electron chi connectivity index (χ0n) is 18.0. The third-order valence-corrected chi connectivity index (χ3v) is 4.05. The average Bonchev–Trinajstić information content (AvgIpc) is 2.82. The van der Waals surface area contributed by atoms with Crippen LogP contribution in [0.1, 0.15) is 82.1 Å². The predicted molar refractivity (Wildman–Crippen MR) is 110 cm³/mol. The van der Waals surface area contributed by atoms with Crippen molar-refractivity contribution >= 4 is 18.3 Å². The first kappa shape index (κ1) is 26.2. The molecule has 1 fully saturated rings. The fourth-order valence-corrected chi connectivity index (χ4v) is 1.67. The first-order valence-corrected chi connectivity index (χ1v) is 9.55. The minimum atomic E-state index is -0.546.